The minimum atomic E-state index is 0.384. The van der Waals surface area contributed by atoms with Crippen LogP contribution in [0, 0.1) is 6.92 Å². The number of piperazine rings is 1. The van der Waals surface area contributed by atoms with Crippen LogP contribution >= 0.6 is 0 Å². The first-order valence-corrected chi connectivity index (χ1v) is 6.30. The van der Waals surface area contributed by atoms with Gasteiger partial charge in [-0.05, 0) is 25.5 Å². The van der Waals surface area contributed by atoms with Gasteiger partial charge in [0.2, 0.25) is 0 Å². The molecule has 2 rings (SSSR count). The van der Waals surface area contributed by atoms with Gasteiger partial charge >= 0.3 is 0 Å². The molecule has 0 radical (unpaired) electrons. The maximum atomic E-state index is 4.66. The summed E-state index contributed by atoms with van der Waals surface area (Å²) in [6.07, 6.45) is 2.97. The van der Waals surface area contributed by atoms with Crippen molar-refractivity contribution in [2.24, 2.45) is 0 Å². The van der Waals surface area contributed by atoms with Gasteiger partial charge in [-0.2, -0.15) is 0 Å². The lowest BCUT2D eigenvalue weighted by Crippen LogP contribution is -2.45. The van der Waals surface area contributed by atoms with Crippen molar-refractivity contribution in [1.82, 2.24) is 15.2 Å². The predicted molar refractivity (Wildman–Crippen MR) is 71.0 cm³/mol. The third kappa shape index (κ3) is 3.14. The van der Waals surface area contributed by atoms with Crippen molar-refractivity contribution in [2.45, 2.75) is 19.4 Å². The molecule has 0 aliphatic carbocycles. The number of hydrogen-bond donors (Lipinski definition) is 1. The van der Waals surface area contributed by atoms with Crippen LogP contribution in [-0.2, 0) is 0 Å². The summed E-state index contributed by atoms with van der Waals surface area (Å²) < 4.78 is 0. The number of aromatic nitrogens is 1. The first kappa shape index (κ1) is 12.3. The zero-order valence-corrected chi connectivity index (χ0v) is 10.5. The number of pyridine rings is 1. The Labute approximate surface area is 104 Å². The molecule has 2 heterocycles. The highest BCUT2D eigenvalue weighted by molar-refractivity contribution is 5.14. The molecule has 1 aliphatic rings. The van der Waals surface area contributed by atoms with E-state index in [-0.39, 0.29) is 0 Å². The third-order valence-electron chi connectivity index (χ3n) is 3.23. The second-order valence-corrected chi connectivity index (χ2v) is 4.53. The van der Waals surface area contributed by atoms with E-state index in [0.29, 0.717) is 6.04 Å². The lowest BCUT2D eigenvalue weighted by atomic mass is 10.1. The van der Waals surface area contributed by atoms with Gasteiger partial charge < -0.3 is 5.32 Å². The molecule has 1 aromatic heterocycles. The summed E-state index contributed by atoms with van der Waals surface area (Å²) in [5.41, 5.74) is 2.26. The SMILES string of the molecule is C=CC[C@@H](c1cccc(C)n1)N1CCNCC1. The molecule has 1 atom stereocenters. The van der Waals surface area contributed by atoms with Crippen LogP contribution in [0.1, 0.15) is 23.9 Å². The lowest BCUT2D eigenvalue weighted by molar-refractivity contribution is 0.171. The lowest BCUT2D eigenvalue weighted by Gasteiger charge is -2.34. The first-order chi connectivity index (χ1) is 8.31. The van der Waals surface area contributed by atoms with Crippen LogP contribution < -0.4 is 5.32 Å². The van der Waals surface area contributed by atoms with Gasteiger partial charge in [0.25, 0.3) is 0 Å². The second kappa shape index (κ2) is 5.94. The fraction of sp³-hybridized carbons (Fsp3) is 0.500. The second-order valence-electron chi connectivity index (χ2n) is 4.53. The topological polar surface area (TPSA) is 28.2 Å². The van der Waals surface area contributed by atoms with Crippen molar-refractivity contribution < 1.29 is 0 Å². The Morgan fingerprint density at radius 3 is 2.88 bits per heavy atom. The molecule has 1 N–H and O–H groups in total. The van der Waals surface area contributed by atoms with Gasteiger partial charge in [-0.25, -0.2) is 0 Å². The maximum Gasteiger partial charge on any atom is 0.0581 e. The molecule has 0 aromatic carbocycles. The van der Waals surface area contributed by atoms with Crippen molar-refractivity contribution in [2.75, 3.05) is 26.2 Å². The number of aryl methyl sites for hydroxylation is 1. The Kier molecular flexibility index (Phi) is 4.29. The minimum Gasteiger partial charge on any atom is -0.314 e. The van der Waals surface area contributed by atoms with Crippen LogP contribution in [0.4, 0.5) is 0 Å². The van der Waals surface area contributed by atoms with Crippen molar-refractivity contribution in [3.63, 3.8) is 0 Å². The standard InChI is InChI=1S/C14H21N3/c1-3-5-14(17-10-8-15-9-11-17)13-7-4-6-12(2)16-13/h3-4,6-7,14-15H,1,5,8-11H2,2H3/t14-/m0/s1. The van der Waals surface area contributed by atoms with Gasteiger partial charge in [-0.3, -0.25) is 9.88 Å². The molecule has 0 unspecified atom stereocenters. The highest BCUT2D eigenvalue weighted by Crippen LogP contribution is 2.23. The average molecular weight is 231 g/mol. The molecule has 1 aromatic rings. The third-order valence-corrected chi connectivity index (χ3v) is 3.23. The van der Waals surface area contributed by atoms with Gasteiger partial charge in [0, 0.05) is 31.9 Å². The Morgan fingerprint density at radius 1 is 1.47 bits per heavy atom. The van der Waals surface area contributed by atoms with Crippen LogP contribution in [0.2, 0.25) is 0 Å². The Morgan fingerprint density at radius 2 is 2.24 bits per heavy atom. The zero-order valence-electron chi connectivity index (χ0n) is 10.5. The zero-order chi connectivity index (χ0) is 12.1. The number of nitrogens with zero attached hydrogens (tertiary/aromatic N) is 2. The van der Waals surface area contributed by atoms with Crippen LogP contribution in [0.3, 0.4) is 0 Å². The average Bonchev–Trinajstić information content (AvgIpc) is 2.37. The maximum absolute atomic E-state index is 4.66. The molecular formula is C14H21N3. The molecule has 1 saturated heterocycles. The van der Waals surface area contributed by atoms with Gasteiger partial charge in [-0.1, -0.05) is 12.1 Å². The molecule has 1 aliphatic heterocycles. The molecule has 0 amide bonds. The van der Waals surface area contributed by atoms with E-state index in [1.54, 1.807) is 0 Å². The minimum absolute atomic E-state index is 0.384. The van der Waals surface area contributed by atoms with Crippen LogP contribution in [-0.4, -0.2) is 36.1 Å². The summed E-state index contributed by atoms with van der Waals surface area (Å²) in [6, 6.07) is 6.65. The molecule has 3 nitrogen and oxygen atoms in total. The van der Waals surface area contributed by atoms with Gasteiger partial charge in [0.1, 0.15) is 0 Å². The van der Waals surface area contributed by atoms with E-state index in [9.17, 15) is 0 Å². The normalized spacial score (nSPS) is 18.9. The first-order valence-electron chi connectivity index (χ1n) is 6.30. The van der Waals surface area contributed by atoms with E-state index in [1.165, 1.54) is 5.69 Å². The van der Waals surface area contributed by atoms with E-state index < -0.39 is 0 Å². The summed E-state index contributed by atoms with van der Waals surface area (Å²) in [5, 5.41) is 3.39. The van der Waals surface area contributed by atoms with Crippen molar-refractivity contribution in [3.05, 3.63) is 42.2 Å². The molecule has 92 valence electrons. The van der Waals surface area contributed by atoms with Gasteiger partial charge in [0.15, 0.2) is 0 Å². The quantitative estimate of drug-likeness (QED) is 0.802. The summed E-state index contributed by atoms with van der Waals surface area (Å²) in [7, 11) is 0. The van der Waals surface area contributed by atoms with E-state index in [4.69, 9.17) is 0 Å². The van der Waals surface area contributed by atoms with Crippen molar-refractivity contribution >= 4 is 0 Å². The summed E-state index contributed by atoms with van der Waals surface area (Å²) in [5.74, 6) is 0. The summed E-state index contributed by atoms with van der Waals surface area (Å²) in [4.78, 5) is 7.16. The van der Waals surface area contributed by atoms with Crippen LogP contribution in [0.5, 0.6) is 0 Å². The highest BCUT2D eigenvalue weighted by atomic mass is 15.2. The van der Waals surface area contributed by atoms with E-state index in [2.05, 4.69) is 33.9 Å². The Bertz CT molecular complexity index is 369. The predicted octanol–water partition coefficient (Wildman–Crippen LogP) is 1.91. The molecular weight excluding hydrogens is 210 g/mol. The molecule has 0 bridgehead atoms. The van der Waals surface area contributed by atoms with E-state index in [1.807, 2.05) is 19.1 Å². The number of nitrogens with one attached hydrogen (secondary N) is 1. The van der Waals surface area contributed by atoms with E-state index >= 15 is 0 Å². The van der Waals surface area contributed by atoms with Gasteiger partial charge in [0.05, 0.1) is 11.7 Å². The molecule has 0 spiro atoms. The monoisotopic (exact) mass is 231 g/mol. The van der Waals surface area contributed by atoms with Crippen LogP contribution in [0.15, 0.2) is 30.9 Å². The molecule has 3 heteroatoms. The highest BCUT2D eigenvalue weighted by Gasteiger charge is 2.21. The smallest absolute Gasteiger partial charge is 0.0581 e. The van der Waals surface area contributed by atoms with Crippen molar-refractivity contribution in [1.29, 1.82) is 0 Å². The summed E-state index contributed by atoms with van der Waals surface area (Å²) in [6.45, 7) is 10.2. The van der Waals surface area contributed by atoms with E-state index in [0.717, 1.165) is 38.3 Å². The van der Waals surface area contributed by atoms with Crippen LogP contribution in [0.25, 0.3) is 0 Å². The Balaban J connectivity index is 2.18. The van der Waals surface area contributed by atoms with Gasteiger partial charge in [-0.15, -0.1) is 6.58 Å². The fourth-order valence-electron chi connectivity index (χ4n) is 2.36. The number of hydrogen-bond acceptors (Lipinski definition) is 3. The molecule has 0 saturated carbocycles. The Hall–Kier alpha value is -1.19. The fourth-order valence-corrected chi connectivity index (χ4v) is 2.36. The number of rotatable bonds is 4. The molecule has 1 fully saturated rings. The molecule has 17 heavy (non-hydrogen) atoms. The van der Waals surface area contributed by atoms with Crippen molar-refractivity contribution in [3.8, 4) is 0 Å². The summed E-state index contributed by atoms with van der Waals surface area (Å²) >= 11 is 0. The largest absolute Gasteiger partial charge is 0.314 e.